The largest absolute Gasteiger partial charge is 0.481 e. The molecule has 1 N–H and O–H groups in total. The molecule has 0 unspecified atom stereocenters. The number of nitro groups is 1. The molecule has 1 heterocycles. The molecule has 33 heavy (non-hydrogen) atoms. The van der Waals surface area contributed by atoms with Gasteiger partial charge in [0.05, 0.1) is 21.2 Å². The van der Waals surface area contributed by atoms with E-state index in [1.165, 1.54) is 18.3 Å². The van der Waals surface area contributed by atoms with Crippen molar-refractivity contribution in [3.63, 3.8) is 0 Å². The molecule has 10 nitrogen and oxygen atoms in total. The lowest BCUT2D eigenvalue weighted by molar-refractivity contribution is -0.402. The third kappa shape index (κ3) is 6.97. The predicted molar refractivity (Wildman–Crippen MR) is 128 cm³/mol. The Morgan fingerprint density at radius 1 is 1.12 bits per heavy atom. The monoisotopic (exact) mass is 643 g/mol. The summed E-state index contributed by atoms with van der Waals surface area (Å²) in [6.07, 6.45) is 1.35. The van der Waals surface area contributed by atoms with Crippen LogP contribution in [-0.2, 0) is 4.79 Å². The summed E-state index contributed by atoms with van der Waals surface area (Å²) in [6.45, 7) is -0.275. The van der Waals surface area contributed by atoms with Crippen LogP contribution in [0.25, 0.3) is 0 Å². The maximum atomic E-state index is 12.1. The van der Waals surface area contributed by atoms with Crippen molar-refractivity contribution in [2.24, 2.45) is 5.10 Å². The quantitative estimate of drug-likeness (QED) is 0.117. The number of carbonyl (C=O) groups excluding carboxylic acids is 2. The minimum Gasteiger partial charge on any atom is -0.481 e. The molecule has 2 aromatic carbocycles. The van der Waals surface area contributed by atoms with E-state index in [2.05, 4.69) is 58.3 Å². The molecule has 3 aromatic rings. The number of nitrogens with one attached hydrogen (secondary N) is 1. The number of hydrogen-bond acceptors (Lipinski definition) is 8. The van der Waals surface area contributed by atoms with Crippen molar-refractivity contribution < 1.29 is 28.4 Å². The van der Waals surface area contributed by atoms with E-state index < -0.39 is 22.7 Å². The highest BCUT2D eigenvalue weighted by atomic mass is 79.9. The molecular weight excluding hydrogens is 634 g/mol. The van der Waals surface area contributed by atoms with Gasteiger partial charge in [0.25, 0.3) is 5.91 Å². The van der Waals surface area contributed by atoms with Crippen LogP contribution in [0.5, 0.6) is 11.5 Å². The second-order valence-corrected chi connectivity index (χ2v) is 8.76. The third-order valence-electron chi connectivity index (χ3n) is 3.76. The van der Waals surface area contributed by atoms with Crippen LogP contribution in [0.2, 0.25) is 0 Å². The smallest absolute Gasteiger partial charge is 0.433 e. The number of ether oxygens (including phenoxy) is 2. The number of hydrogen-bond donors (Lipinski definition) is 1. The molecule has 0 fully saturated rings. The first-order valence-corrected chi connectivity index (χ1v) is 11.3. The van der Waals surface area contributed by atoms with Crippen molar-refractivity contribution in [3.8, 4) is 11.5 Å². The van der Waals surface area contributed by atoms with Gasteiger partial charge in [-0.1, -0.05) is 28.1 Å². The summed E-state index contributed by atoms with van der Waals surface area (Å²) in [5.41, 5.74) is 2.85. The average molecular weight is 646 g/mol. The Bertz CT molecular complexity index is 1220. The molecule has 1 amide bonds. The van der Waals surface area contributed by atoms with E-state index in [9.17, 15) is 19.7 Å². The lowest BCUT2D eigenvalue weighted by Gasteiger charge is -2.09. The number of rotatable bonds is 8. The number of nitrogens with zero attached hydrogens (tertiary/aromatic N) is 2. The topological polar surface area (TPSA) is 133 Å². The van der Waals surface area contributed by atoms with Gasteiger partial charge in [-0.05, 0) is 67.8 Å². The molecule has 170 valence electrons. The van der Waals surface area contributed by atoms with Crippen LogP contribution in [0.1, 0.15) is 16.1 Å². The number of amides is 1. The van der Waals surface area contributed by atoms with Gasteiger partial charge in [0.1, 0.15) is 16.4 Å². The van der Waals surface area contributed by atoms with E-state index in [-0.39, 0.29) is 18.1 Å². The van der Waals surface area contributed by atoms with Crippen molar-refractivity contribution in [2.75, 3.05) is 6.61 Å². The molecule has 0 spiro atoms. The number of hydrazone groups is 1. The second kappa shape index (κ2) is 11.2. The summed E-state index contributed by atoms with van der Waals surface area (Å²) >= 11 is 10.1. The predicted octanol–water partition coefficient (Wildman–Crippen LogP) is 5.22. The highest BCUT2D eigenvalue weighted by Gasteiger charge is 2.19. The number of carbonyl (C=O) groups is 2. The van der Waals surface area contributed by atoms with E-state index >= 15 is 0 Å². The molecule has 0 saturated carbocycles. The van der Waals surface area contributed by atoms with Gasteiger partial charge in [-0.15, -0.1) is 0 Å². The second-order valence-electron chi connectivity index (χ2n) is 6.14. The molecule has 0 radical (unpaired) electrons. The average Bonchev–Trinajstić information content (AvgIpc) is 3.24. The van der Waals surface area contributed by atoms with E-state index in [1.807, 2.05) is 0 Å². The van der Waals surface area contributed by atoms with Crippen molar-refractivity contribution >= 4 is 71.8 Å². The summed E-state index contributed by atoms with van der Waals surface area (Å²) in [4.78, 5) is 34.0. The Kier molecular flexibility index (Phi) is 8.36. The molecule has 0 atom stereocenters. The Morgan fingerprint density at radius 2 is 1.85 bits per heavy atom. The molecule has 0 aliphatic carbocycles. The number of esters is 1. The molecule has 0 aliphatic heterocycles. The van der Waals surface area contributed by atoms with Crippen LogP contribution in [0, 0.1) is 10.1 Å². The first-order chi connectivity index (χ1) is 15.7. The molecule has 0 bridgehead atoms. The van der Waals surface area contributed by atoms with Gasteiger partial charge in [-0.25, -0.2) is 10.2 Å². The Balaban J connectivity index is 1.54. The summed E-state index contributed by atoms with van der Waals surface area (Å²) in [7, 11) is 0. The van der Waals surface area contributed by atoms with Gasteiger partial charge in [0.2, 0.25) is 5.76 Å². The van der Waals surface area contributed by atoms with Crippen LogP contribution >= 0.6 is 47.8 Å². The molecule has 0 saturated heterocycles. The first kappa shape index (κ1) is 24.6. The van der Waals surface area contributed by atoms with Crippen molar-refractivity contribution in [2.45, 2.75) is 0 Å². The molecule has 0 aliphatic rings. The fourth-order valence-corrected chi connectivity index (χ4v) is 4.85. The highest BCUT2D eigenvalue weighted by Crippen LogP contribution is 2.36. The number of furan rings is 1. The molecule has 3 rings (SSSR count). The summed E-state index contributed by atoms with van der Waals surface area (Å²) in [5.74, 6) is -1.64. The van der Waals surface area contributed by atoms with E-state index in [1.54, 1.807) is 24.3 Å². The van der Waals surface area contributed by atoms with E-state index in [0.29, 0.717) is 20.3 Å². The van der Waals surface area contributed by atoms with Gasteiger partial charge >= 0.3 is 11.9 Å². The number of benzene rings is 2. The Labute approximate surface area is 211 Å². The Morgan fingerprint density at radius 3 is 2.52 bits per heavy atom. The van der Waals surface area contributed by atoms with Crippen molar-refractivity contribution in [1.29, 1.82) is 0 Å². The summed E-state index contributed by atoms with van der Waals surface area (Å²) < 4.78 is 17.6. The number of halogens is 3. The van der Waals surface area contributed by atoms with Gasteiger partial charge in [0.15, 0.2) is 6.61 Å². The van der Waals surface area contributed by atoms with Crippen LogP contribution in [0.4, 0.5) is 5.88 Å². The van der Waals surface area contributed by atoms with Gasteiger partial charge < -0.3 is 13.9 Å². The normalized spacial score (nSPS) is 10.8. The Hall–Kier alpha value is -3.03. The minimum absolute atomic E-state index is 0.155. The first-order valence-electron chi connectivity index (χ1n) is 8.88. The van der Waals surface area contributed by atoms with Crippen LogP contribution in [-0.4, -0.2) is 29.6 Å². The van der Waals surface area contributed by atoms with E-state index in [4.69, 9.17) is 13.9 Å². The molecule has 1 aromatic heterocycles. The summed E-state index contributed by atoms with van der Waals surface area (Å²) in [6, 6.07) is 12.0. The van der Waals surface area contributed by atoms with Crippen LogP contribution in [0.15, 0.2) is 71.5 Å². The fourth-order valence-electron chi connectivity index (χ4n) is 2.37. The van der Waals surface area contributed by atoms with E-state index in [0.717, 1.165) is 16.6 Å². The maximum Gasteiger partial charge on any atom is 0.433 e. The standard InChI is InChI=1S/C20H12Br3N3O7/c21-12-7-14(22)19(15(23)8-12)31-10-17(27)25-24-9-11-2-1-3-13(6-11)32-20(28)16-4-5-18(33-16)26(29)30/h1-9H,10H2,(H,25,27)/b24-9-. The lowest BCUT2D eigenvalue weighted by atomic mass is 10.2. The molecular formula is C20H12Br3N3O7. The van der Waals surface area contributed by atoms with Crippen molar-refractivity contribution in [1.82, 2.24) is 5.43 Å². The lowest BCUT2D eigenvalue weighted by Crippen LogP contribution is -2.24. The highest BCUT2D eigenvalue weighted by molar-refractivity contribution is 9.11. The maximum absolute atomic E-state index is 12.1. The third-order valence-corrected chi connectivity index (χ3v) is 5.39. The zero-order valence-electron chi connectivity index (χ0n) is 16.3. The van der Waals surface area contributed by atoms with Crippen LogP contribution in [0.3, 0.4) is 0 Å². The molecule has 13 heteroatoms. The van der Waals surface area contributed by atoms with Gasteiger partial charge in [-0.3, -0.25) is 14.9 Å². The van der Waals surface area contributed by atoms with Gasteiger partial charge in [-0.2, -0.15) is 5.10 Å². The fraction of sp³-hybridized carbons (Fsp3) is 0.0500. The van der Waals surface area contributed by atoms with Crippen molar-refractivity contribution in [3.05, 3.63) is 83.4 Å². The van der Waals surface area contributed by atoms with Gasteiger partial charge in [0, 0.05) is 4.47 Å². The van der Waals surface area contributed by atoms with Crippen LogP contribution < -0.4 is 14.9 Å². The minimum atomic E-state index is -0.895. The SMILES string of the molecule is O=C(COc1c(Br)cc(Br)cc1Br)N/N=C\c1cccc(OC(=O)c2ccc([N+](=O)[O-])o2)c1. The zero-order chi connectivity index (χ0) is 24.0. The summed E-state index contributed by atoms with van der Waals surface area (Å²) in [5, 5.41) is 14.5. The zero-order valence-corrected chi connectivity index (χ0v) is 21.0.